The summed E-state index contributed by atoms with van der Waals surface area (Å²) in [7, 11) is -3.73. The van der Waals surface area contributed by atoms with Crippen molar-refractivity contribution < 1.29 is 18.3 Å². The van der Waals surface area contributed by atoms with E-state index in [1.54, 1.807) is 4.90 Å². The molecule has 0 unspecified atom stereocenters. The van der Waals surface area contributed by atoms with Crippen LogP contribution in [0.15, 0.2) is 29.2 Å². The molecule has 21 heavy (non-hydrogen) atoms. The fourth-order valence-corrected chi connectivity index (χ4v) is 3.04. The summed E-state index contributed by atoms with van der Waals surface area (Å²) in [5.41, 5.74) is 0.573. The molecule has 1 fully saturated rings. The molecule has 0 spiro atoms. The highest BCUT2D eigenvalue weighted by molar-refractivity contribution is 7.89. The van der Waals surface area contributed by atoms with E-state index in [4.69, 9.17) is 22.5 Å². The number of nitrogens with one attached hydrogen (secondary N) is 1. The average Bonchev–Trinajstić information content (AvgIpc) is 2.87. The maximum Gasteiger partial charge on any atom is 0.326 e. The molecule has 4 N–H and O–H groups in total. The second-order valence-electron chi connectivity index (χ2n) is 4.69. The summed E-state index contributed by atoms with van der Waals surface area (Å²) in [6.45, 7) is 0.581. The zero-order valence-electron chi connectivity index (χ0n) is 11.0. The van der Waals surface area contributed by atoms with E-state index in [1.807, 2.05) is 0 Å². The Bertz CT molecular complexity index is 658. The molecule has 114 valence electrons. The first-order valence-electron chi connectivity index (χ1n) is 6.22. The van der Waals surface area contributed by atoms with Crippen LogP contribution in [0.25, 0.3) is 0 Å². The molecule has 1 heterocycles. The van der Waals surface area contributed by atoms with Gasteiger partial charge in [-0.2, -0.15) is 0 Å². The van der Waals surface area contributed by atoms with Crippen molar-refractivity contribution in [1.82, 2.24) is 4.90 Å². The SMILES string of the molecule is NS(=O)(=O)c1ccc(NC(=S)N2CCC[C@H]2C(=O)O)cc1. The van der Waals surface area contributed by atoms with Crippen molar-refractivity contribution in [2.24, 2.45) is 5.14 Å². The number of nitrogens with two attached hydrogens (primary N) is 1. The van der Waals surface area contributed by atoms with Crippen LogP contribution in [0.1, 0.15) is 12.8 Å². The first kappa shape index (κ1) is 15.7. The minimum absolute atomic E-state index is 0.00329. The van der Waals surface area contributed by atoms with Crippen molar-refractivity contribution in [2.45, 2.75) is 23.8 Å². The number of rotatable bonds is 3. The lowest BCUT2D eigenvalue weighted by molar-refractivity contribution is -0.140. The molecule has 0 aliphatic carbocycles. The number of hydrogen-bond acceptors (Lipinski definition) is 4. The van der Waals surface area contributed by atoms with Gasteiger partial charge in [-0.3, -0.25) is 0 Å². The Morgan fingerprint density at radius 2 is 2.00 bits per heavy atom. The molecule has 1 aliphatic rings. The van der Waals surface area contributed by atoms with Crippen LogP contribution in [0.5, 0.6) is 0 Å². The van der Waals surface area contributed by atoms with Gasteiger partial charge in [0.2, 0.25) is 10.0 Å². The van der Waals surface area contributed by atoms with Gasteiger partial charge in [-0.1, -0.05) is 0 Å². The number of benzene rings is 1. The Labute approximate surface area is 127 Å². The van der Waals surface area contributed by atoms with Crippen LogP contribution in [-0.2, 0) is 14.8 Å². The average molecular weight is 329 g/mol. The van der Waals surface area contributed by atoms with E-state index in [2.05, 4.69) is 5.32 Å². The van der Waals surface area contributed by atoms with Crippen LogP contribution in [0.2, 0.25) is 0 Å². The molecule has 1 aromatic rings. The predicted molar refractivity (Wildman–Crippen MR) is 81.4 cm³/mol. The number of carboxylic acid groups (broad SMARTS) is 1. The van der Waals surface area contributed by atoms with Gasteiger partial charge in [0.15, 0.2) is 5.11 Å². The van der Waals surface area contributed by atoms with E-state index in [0.29, 0.717) is 23.8 Å². The minimum atomic E-state index is -3.73. The van der Waals surface area contributed by atoms with Gasteiger partial charge in [0.1, 0.15) is 6.04 Å². The third-order valence-corrected chi connectivity index (χ3v) is 4.50. The number of likely N-dealkylation sites (tertiary alicyclic amines) is 1. The molecule has 0 aromatic heterocycles. The lowest BCUT2D eigenvalue weighted by atomic mass is 10.2. The monoisotopic (exact) mass is 329 g/mol. The van der Waals surface area contributed by atoms with E-state index in [0.717, 1.165) is 6.42 Å². The summed E-state index contributed by atoms with van der Waals surface area (Å²) in [6, 6.07) is 5.15. The topological polar surface area (TPSA) is 113 Å². The summed E-state index contributed by atoms with van der Waals surface area (Å²) in [4.78, 5) is 12.7. The lowest BCUT2D eigenvalue weighted by Crippen LogP contribution is -2.42. The minimum Gasteiger partial charge on any atom is -0.480 e. The van der Waals surface area contributed by atoms with Crippen molar-refractivity contribution in [3.63, 3.8) is 0 Å². The van der Waals surface area contributed by atoms with Gasteiger partial charge in [-0.25, -0.2) is 18.4 Å². The van der Waals surface area contributed by atoms with Crippen molar-refractivity contribution >= 4 is 39.0 Å². The first-order chi connectivity index (χ1) is 9.79. The second-order valence-corrected chi connectivity index (χ2v) is 6.64. The largest absolute Gasteiger partial charge is 0.480 e. The summed E-state index contributed by atoms with van der Waals surface area (Å²) >= 11 is 5.21. The summed E-state index contributed by atoms with van der Waals surface area (Å²) in [5, 5.41) is 17.3. The molecular formula is C12H15N3O4S2. The van der Waals surface area contributed by atoms with Crippen LogP contribution >= 0.6 is 12.2 Å². The van der Waals surface area contributed by atoms with Gasteiger partial charge in [0.05, 0.1) is 4.90 Å². The van der Waals surface area contributed by atoms with Crippen molar-refractivity contribution in [2.75, 3.05) is 11.9 Å². The van der Waals surface area contributed by atoms with Gasteiger partial charge in [0.25, 0.3) is 0 Å². The van der Waals surface area contributed by atoms with Crippen LogP contribution in [0.4, 0.5) is 5.69 Å². The molecule has 2 rings (SSSR count). The molecular weight excluding hydrogens is 314 g/mol. The molecule has 1 aromatic carbocycles. The molecule has 7 nitrogen and oxygen atoms in total. The molecule has 1 aliphatic heterocycles. The molecule has 1 saturated heterocycles. The number of aliphatic carboxylic acids is 1. The number of nitrogens with zero attached hydrogens (tertiary/aromatic N) is 1. The van der Waals surface area contributed by atoms with Crippen LogP contribution in [-0.4, -0.2) is 42.1 Å². The van der Waals surface area contributed by atoms with Crippen molar-refractivity contribution in [3.05, 3.63) is 24.3 Å². The number of carboxylic acids is 1. The number of carbonyl (C=O) groups is 1. The number of primary sulfonamides is 1. The van der Waals surface area contributed by atoms with Crippen molar-refractivity contribution in [1.29, 1.82) is 0 Å². The lowest BCUT2D eigenvalue weighted by Gasteiger charge is -2.24. The Morgan fingerprint density at radius 3 is 2.52 bits per heavy atom. The zero-order chi connectivity index (χ0) is 15.6. The third-order valence-electron chi connectivity index (χ3n) is 3.23. The number of hydrogen-bond donors (Lipinski definition) is 3. The zero-order valence-corrected chi connectivity index (χ0v) is 12.7. The maximum absolute atomic E-state index is 11.2. The highest BCUT2D eigenvalue weighted by Gasteiger charge is 2.32. The van der Waals surface area contributed by atoms with Gasteiger partial charge in [-0.05, 0) is 49.3 Å². The van der Waals surface area contributed by atoms with E-state index in [-0.39, 0.29) is 4.90 Å². The summed E-state index contributed by atoms with van der Waals surface area (Å²) in [6.07, 6.45) is 1.32. The number of sulfonamides is 1. The second kappa shape index (κ2) is 5.96. The van der Waals surface area contributed by atoms with Gasteiger partial charge in [-0.15, -0.1) is 0 Å². The summed E-state index contributed by atoms with van der Waals surface area (Å²) in [5.74, 6) is -0.902. The fourth-order valence-electron chi connectivity index (χ4n) is 2.19. The van der Waals surface area contributed by atoms with Crippen LogP contribution in [0, 0.1) is 0 Å². The maximum atomic E-state index is 11.2. The Hall–Kier alpha value is -1.71. The molecule has 9 heteroatoms. The van der Waals surface area contributed by atoms with E-state index >= 15 is 0 Å². The van der Waals surface area contributed by atoms with Crippen LogP contribution in [0.3, 0.4) is 0 Å². The number of thiocarbonyl (C=S) groups is 1. The first-order valence-corrected chi connectivity index (χ1v) is 8.18. The van der Waals surface area contributed by atoms with Gasteiger partial charge in [0, 0.05) is 12.2 Å². The quantitative estimate of drug-likeness (QED) is 0.695. The Morgan fingerprint density at radius 1 is 1.38 bits per heavy atom. The molecule has 0 bridgehead atoms. The predicted octanol–water partition coefficient (Wildman–Crippen LogP) is 0.580. The van der Waals surface area contributed by atoms with Crippen LogP contribution < -0.4 is 10.5 Å². The Kier molecular flexibility index (Phi) is 4.45. The molecule has 1 atom stereocenters. The normalized spacial score (nSPS) is 18.5. The van der Waals surface area contributed by atoms with Crippen molar-refractivity contribution in [3.8, 4) is 0 Å². The number of anilines is 1. The summed E-state index contributed by atoms with van der Waals surface area (Å²) < 4.78 is 22.3. The highest BCUT2D eigenvalue weighted by Crippen LogP contribution is 2.20. The van der Waals surface area contributed by atoms with E-state index in [9.17, 15) is 13.2 Å². The highest BCUT2D eigenvalue weighted by atomic mass is 32.2. The smallest absolute Gasteiger partial charge is 0.326 e. The molecule has 0 amide bonds. The Balaban J connectivity index is 2.08. The van der Waals surface area contributed by atoms with E-state index in [1.165, 1.54) is 24.3 Å². The van der Waals surface area contributed by atoms with Gasteiger partial charge < -0.3 is 15.3 Å². The van der Waals surface area contributed by atoms with Gasteiger partial charge >= 0.3 is 5.97 Å². The third kappa shape index (κ3) is 3.69. The fraction of sp³-hybridized carbons (Fsp3) is 0.333. The standard InChI is InChI=1S/C12H15N3O4S2/c13-21(18,19)9-5-3-8(4-6-9)14-12(20)15-7-1-2-10(15)11(16)17/h3-6,10H,1-2,7H2,(H,14,20)(H,16,17)(H2,13,18,19)/t10-/m0/s1. The van der Waals surface area contributed by atoms with E-state index < -0.39 is 22.0 Å². The molecule has 0 radical (unpaired) electrons. The molecule has 0 saturated carbocycles.